The molecule has 0 saturated carbocycles. The molecule has 0 aliphatic heterocycles. The summed E-state index contributed by atoms with van der Waals surface area (Å²) in [6.45, 7) is 4.29. The molecule has 5 heteroatoms. The lowest BCUT2D eigenvalue weighted by Gasteiger charge is -2.14. The lowest BCUT2D eigenvalue weighted by molar-refractivity contribution is -0.127. The topological polar surface area (TPSA) is 55.4 Å². The van der Waals surface area contributed by atoms with Crippen LogP contribution in [0.25, 0.3) is 0 Å². The molecule has 1 unspecified atom stereocenters. The molecule has 0 aliphatic rings. The number of hydrogen-bond donors (Lipinski definition) is 1. The van der Waals surface area contributed by atoms with Gasteiger partial charge in [-0.25, -0.2) is 0 Å². The van der Waals surface area contributed by atoms with Crippen molar-refractivity contribution >= 4 is 28.1 Å². The highest BCUT2D eigenvalue weighted by molar-refractivity contribution is 9.10. The zero-order valence-electron chi connectivity index (χ0n) is 10.4. The molecule has 0 spiro atoms. The molecule has 1 amide bonds. The van der Waals surface area contributed by atoms with Crippen LogP contribution < -0.4 is 10.1 Å². The summed E-state index contributed by atoms with van der Waals surface area (Å²) in [7, 11) is 0. The summed E-state index contributed by atoms with van der Waals surface area (Å²) in [5, 5.41) is 2.75. The first-order valence-corrected chi connectivity index (χ1v) is 6.57. The third kappa shape index (κ3) is 4.14. The number of ether oxygens (including phenoxy) is 1. The molecule has 98 valence electrons. The molecule has 0 saturated heterocycles. The number of aldehydes is 1. The minimum absolute atomic E-state index is 0.160. The van der Waals surface area contributed by atoms with E-state index in [-0.39, 0.29) is 5.91 Å². The van der Waals surface area contributed by atoms with Gasteiger partial charge in [0.2, 0.25) is 0 Å². The Bertz CT molecular complexity index is 434. The fourth-order valence-electron chi connectivity index (χ4n) is 1.34. The Kier molecular flexibility index (Phi) is 5.85. The van der Waals surface area contributed by atoms with E-state index in [2.05, 4.69) is 21.2 Å². The fourth-order valence-corrected chi connectivity index (χ4v) is 1.68. The minimum atomic E-state index is -0.586. The van der Waals surface area contributed by atoms with Gasteiger partial charge in [0.15, 0.2) is 12.4 Å². The zero-order valence-corrected chi connectivity index (χ0v) is 12.0. The van der Waals surface area contributed by atoms with Gasteiger partial charge in [-0.1, -0.05) is 22.9 Å². The lowest BCUT2D eigenvalue weighted by Crippen LogP contribution is -2.36. The van der Waals surface area contributed by atoms with E-state index >= 15 is 0 Å². The van der Waals surface area contributed by atoms with Crippen LogP contribution in [0.4, 0.5) is 0 Å². The predicted octanol–water partition coefficient (Wildman–Crippen LogP) is 2.56. The molecule has 0 aliphatic carbocycles. The third-order valence-corrected chi connectivity index (χ3v) is 3.05. The van der Waals surface area contributed by atoms with Crippen LogP contribution in [0.2, 0.25) is 0 Å². The highest BCUT2D eigenvalue weighted by Crippen LogP contribution is 2.21. The van der Waals surface area contributed by atoms with Crippen molar-refractivity contribution in [3.05, 3.63) is 28.2 Å². The smallest absolute Gasteiger partial charge is 0.260 e. The van der Waals surface area contributed by atoms with Crippen molar-refractivity contribution < 1.29 is 14.3 Å². The molecular formula is C13H16BrNO3. The van der Waals surface area contributed by atoms with Crippen LogP contribution in [0.5, 0.6) is 5.75 Å². The maximum atomic E-state index is 11.6. The van der Waals surface area contributed by atoms with E-state index in [1.165, 1.54) is 0 Å². The second kappa shape index (κ2) is 7.16. The van der Waals surface area contributed by atoms with Gasteiger partial charge in [-0.3, -0.25) is 9.59 Å². The Morgan fingerprint density at radius 2 is 2.28 bits per heavy atom. The van der Waals surface area contributed by atoms with Crippen molar-refractivity contribution in [1.82, 2.24) is 5.32 Å². The number of amides is 1. The molecule has 4 nitrogen and oxygen atoms in total. The van der Waals surface area contributed by atoms with Crippen LogP contribution in [0.3, 0.4) is 0 Å². The maximum Gasteiger partial charge on any atom is 0.260 e. The second-order valence-electron chi connectivity index (χ2n) is 3.85. The van der Waals surface area contributed by atoms with Gasteiger partial charge < -0.3 is 10.1 Å². The van der Waals surface area contributed by atoms with Crippen molar-refractivity contribution in [2.75, 3.05) is 6.54 Å². The van der Waals surface area contributed by atoms with E-state index in [1.807, 2.05) is 6.92 Å². The number of carbonyl (C=O) groups is 2. The zero-order chi connectivity index (χ0) is 13.5. The molecule has 0 heterocycles. The van der Waals surface area contributed by atoms with Crippen molar-refractivity contribution in [2.45, 2.75) is 26.4 Å². The Morgan fingerprint density at radius 1 is 1.56 bits per heavy atom. The summed E-state index contributed by atoms with van der Waals surface area (Å²) in [4.78, 5) is 22.4. The summed E-state index contributed by atoms with van der Waals surface area (Å²) < 4.78 is 6.18. The molecule has 0 radical (unpaired) electrons. The Balaban J connectivity index is 2.66. The van der Waals surface area contributed by atoms with Gasteiger partial charge >= 0.3 is 0 Å². The van der Waals surface area contributed by atoms with Crippen LogP contribution in [0.1, 0.15) is 30.6 Å². The van der Waals surface area contributed by atoms with Crippen LogP contribution in [0, 0.1) is 0 Å². The molecule has 18 heavy (non-hydrogen) atoms. The van der Waals surface area contributed by atoms with E-state index in [9.17, 15) is 9.59 Å². The minimum Gasteiger partial charge on any atom is -0.481 e. The summed E-state index contributed by atoms with van der Waals surface area (Å²) in [5.41, 5.74) is 0.494. The van der Waals surface area contributed by atoms with E-state index < -0.39 is 6.10 Å². The van der Waals surface area contributed by atoms with Gasteiger partial charge in [0.25, 0.3) is 5.91 Å². The fraction of sp³-hybridized carbons (Fsp3) is 0.385. The van der Waals surface area contributed by atoms with E-state index in [0.717, 1.165) is 12.7 Å². The van der Waals surface area contributed by atoms with Gasteiger partial charge in [0, 0.05) is 16.6 Å². The molecule has 1 N–H and O–H groups in total. The molecule has 1 atom stereocenters. The van der Waals surface area contributed by atoms with Gasteiger partial charge in [0.1, 0.15) is 5.75 Å². The normalized spacial score (nSPS) is 11.7. The van der Waals surface area contributed by atoms with Crippen molar-refractivity contribution in [3.8, 4) is 5.75 Å². The van der Waals surface area contributed by atoms with Crippen molar-refractivity contribution in [1.29, 1.82) is 0 Å². The molecule has 1 aromatic rings. The van der Waals surface area contributed by atoms with Crippen LogP contribution in [-0.4, -0.2) is 24.8 Å². The average molecular weight is 314 g/mol. The third-order valence-electron chi connectivity index (χ3n) is 2.33. The summed E-state index contributed by atoms with van der Waals surface area (Å²) >= 11 is 3.25. The van der Waals surface area contributed by atoms with Gasteiger partial charge in [-0.15, -0.1) is 0 Å². The summed E-state index contributed by atoms with van der Waals surface area (Å²) in [6.07, 6.45) is 1.03. The maximum absolute atomic E-state index is 11.6. The van der Waals surface area contributed by atoms with E-state index in [4.69, 9.17) is 4.74 Å². The van der Waals surface area contributed by atoms with Crippen LogP contribution in [0.15, 0.2) is 22.7 Å². The first kappa shape index (κ1) is 14.7. The van der Waals surface area contributed by atoms with Crippen LogP contribution >= 0.6 is 15.9 Å². The van der Waals surface area contributed by atoms with Crippen molar-refractivity contribution in [2.24, 2.45) is 0 Å². The van der Waals surface area contributed by atoms with E-state index in [1.54, 1.807) is 25.1 Å². The van der Waals surface area contributed by atoms with E-state index in [0.29, 0.717) is 22.3 Å². The summed E-state index contributed by atoms with van der Waals surface area (Å²) in [6, 6.07) is 5.02. The van der Waals surface area contributed by atoms with Gasteiger partial charge in [-0.2, -0.15) is 0 Å². The molecule has 0 fully saturated rings. The number of rotatable bonds is 6. The highest BCUT2D eigenvalue weighted by Gasteiger charge is 2.14. The molecule has 0 bridgehead atoms. The molecule has 0 aromatic heterocycles. The number of halogens is 1. The Morgan fingerprint density at radius 3 is 2.89 bits per heavy atom. The highest BCUT2D eigenvalue weighted by atomic mass is 79.9. The first-order chi connectivity index (χ1) is 8.58. The SMILES string of the molecule is CCCNC(=O)C(C)Oc1ccc(Br)c(C=O)c1. The monoisotopic (exact) mass is 313 g/mol. The quantitative estimate of drug-likeness (QED) is 0.821. The standard InChI is InChI=1S/C13H16BrNO3/c1-3-6-15-13(17)9(2)18-11-4-5-12(14)10(7-11)8-16/h4-5,7-9H,3,6H2,1-2H3,(H,15,17). The Labute approximate surface area is 115 Å². The first-order valence-electron chi connectivity index (χ1n) is 5.77. The Hall–Kier alpha value is -1.36. The molecule has 1 aromatic carbocycles. The van der Waals surface area contributed by atoms with Crippen molar-refractivity contribution in [3.63, 3.8) is 0 Å². The number of hydrogen-bond acceptors (Lipinski definition) is 3. The van der Waals surface area contributed by atoms with Crippen LogP contribution in [-0.2, 0) is 4.79 Å². The average Bonchev–Trinajstić information content (AvgIpc) is 2.37. The van der Waals surface area contributed by atoms with Gasteiger partial charge in [0.05, 0.1) is 0 Å². The number of carbonyl (C=O) groups excluding carboxylic acids is 2. The van der Waals surface area contributed by atoms with Gasteiger partial charge in [-0.05, 0) is 31.5 Å². The molecule has 1 rings (SSSR count). The number of nitrogens with one attached hydrogen (secondary N) is 1. The summed E-state index contributed by atoms with van der Waals surface area (Å²) in [5.74, 6) is 0.340. The largest absolute Gasteiger partial charge is 0.481 e. The predicted molar refractivity (Wildman–Crippen MR) is 72.9 cm³/mol. The lowest BCUT2D eigenvalue weighted by atomic mass is 10.2. The number of benzene rings is 1. The molecular weight excluding hydrogens is 298 g/mol. The second-order valence-corrected chi connectivity index (χ2v) is 4.71.